The summed E-state index contributed by atoms with van der Waals surface area (Å²) in [5, 5.41) is 14.3. The quantitative estimate of drug-likeness (QED) is 0.679. The van der Waals surface area contributed by atoms with E-state index in [0.717, 1.165) is 42.5 Å². The lowest BCUT2D eigenvalue weighted by molar-refractivity contribution is 0.475. The van der Waals surface area contributed by atoms with Crippen LogP contribution in [0.1, 0.15) is 18.1 Å². The second-order valence-corrected chi connectivity index (χ2v) is 5.67. The van der Waals surface area contributed by atoms with E-state index in [1.54, 1.807) is 0 Å². The van der Waals surface area contributed by atoms with Gasteiger partial charge in [0.15, 0.2) is 0 Å². The van der Waals surface area contributed by atoms with Crippen LogP contribution in [0.15, 0.2) is 48.7 Å². The standard InChI is InChI=1S/C19H21FN2O/c1-2-22-13-15(19-17(22)10-16(20)11-18(19)23)8-9-21-12-14-6-4-3-5-7-14/h3-7,10-11,13,21,23H,2,8-9,12H2,1H3. The second kappa shape index (κ2) is 6.84. The van der Waals surface area contributed by atoms with Crippen molar-refractivity contribution in [2.75, 3.05) is 6.54 Å². The summed E-state index contributed by atoms with van der Waals surface area (Å²) in [5.74, 6) is -0.387. The van der Waals surface area contributed by atoms with Crippen LogP contribution in [0, 0.1) is 5.82 Å². The van der Waals surface area contributed by atoms with Gasteiger partial charge in [0.2, 0.25) is 0 Å². The van der Waals surface area contributed by atoms with Crippen LogP contribution in [0.2, 0.25) is 0 Å². The maximum atomic E-state index is 13.5. The molecule has 0 aliphatic carbocycles. The molecule has 0 unspecified atom stereocenters. The highest BCUT2D eigenvalue weighted by Crippen LogP contribution is 2.31. The third kappa shape index (κ3) is 3.37. The third-order valence-corrected chi connectivity index (χ3v) is 4.09. The van der Waals surface area contributed by atoms with Crippen LogP contribution in [0.4, 0.5) is 4.39 Å². The van der Waals surface area contributed by atoms with Gasteiger partial charge in [-0.15, -0.1) is 0 Å². The maximum Gasteiger partial charge on any atom is 0.129 e. The average Bonchev–Trinajstić information content (AvgIpc) is 2.90. The Balaban J connectivity index is 1.73. The number of nitrogens with zero attached hydrogens (tertiary/aromatic N) is 1. The number of phenolic OH excluding ortho intramolecular Hbond substituents is 1. The molecule has 0 saturated heterocycles. The van der Waals surface area contributed by atoms with Crippen molar-refractivity contribution in [1.29, 1.82) is 0 Å². The lowest BCUT2D eigenvalue weighted by Crippen LogP contribution is -2.16. The minimum absolute atomic E-state index is 0.0188. The smallest absolute Gasteiger partial charge is 0.129 e. The molecule has 0 aliphatic heterocycles. The van der Waals surface area contributed by atoms with Crippen molar-refractivity contribution in [3.05, 3.63) is 65.6 Å². The molecule has 3 aromatic rings. The minimum atomic E-state index is -0.406. The maximum absolute atomic E-state index is 13.5. The number of benzene rings is 2. The molecule has 0 atom stereocenters. The molecule has 0 amide bonds. The summed E-state index contributed by atoms with van der Waals surface area (Å²) in [6, 6.07) is 12.9. The SMILES string of the molecule is CCn1cc(CCNCc2ccccc2)c2c(O)cc(F)cc21. The van der Waals surface area contributed by atoms with E-state index >= 15 is 0 Å². The Morgan fingerprint density at radius 2 is 1.96 bits per heavy atom. The highest BCUT2D eigenvalue weighted by molar-refractivity contribution is 5.89. The number of phenols is 1. The molecule has 0 aliphatic rings. The molecule has 3 nitrogen and oxygen atoms in total. The van der Waals surface area contributed by atoms with E-state index in [2.05, 4.69) is 17.4 Å². The van der Waals surface area contributed by atoms with Crippen LogP contribution >= 0.6 is 0 Å². The summed E-state index contributed by atoms with van der Waals surface area (Å²) in [6.45, 7) is 4.37. The number of rotatable bonds is 6. The van der Waals surface area contributed by atoms with Crippen molar-refractivity contribution >= 4 is 10.9 Å². The number of aryl methyl sites for hydroxylation is 1. The first-order chi connectivity index (χ1) is 11.2. The first kappa shape index (κ1) is 15.6. The Labute approximate surface area is 135 Å². The van der Waals surface area contributed by atoms with E-state index in [0.29, 0.717) is 0 Å². The summed E-state index contributed by atoms with van der Waals surface area (Å²) in [6.07, 6.45) is 2.80. The third-order valence-electron chi connectivity index (χ3n) is 4.09. The molecule has 0 fully saturated rings. The van der Waals surface area contributed by atoms with E-state index in [-0.39, 0.29) is 5.75 Å². The van der Waals surface area contributed by atoms with E-state index in [9.17, 15) is 9.50 Å². The van der Waals surface area contributed by atoms with E-state index in [1.807, 2.05) is 35.9 Å². The number of aromatic hydroxyl groups is 1. The zero-order valence-electron chi connectivity index (χ0n) is 13.2. The Kier molecular flexibility index (Phi) is 4.63. The predicted octanol–water partition coefficient (Wildman–Crippen LogP) is 3.84. The Hall–Kier alpha value is -2.33. The summed E-state index contributed by atoms with van der Waals surface area (Å²) in [4.78, 5) is 0. The molecule has 0 bridgehead atoms. The predicted molar refractivity (Wildman–Crippen MR) is 91.1 cm³/mol. The van der Waals surface area contributed by atoms with Gasteiger partial charge in [0.05, 0.1) is 5.52 Å². The largest absolute Gasteiger partial charge is 0.507 e. The number of nitrogens with one attached hydrogen (secondary N) is 1. The molecule has 0 saturated carbocycles. The van der Waals surface area contributed by atoms with E-state index in [4.69, 9.17) is 0 Å². The summed E-state index contributed by atoms with van der Waals surface area (Å²) >= 11 is 0. The van der Waals surface area contributed by atoms with E-state index in [1.165, 1.54) is 17.7 Å². The molecule has 2 N–H and O–H groups in total. The molecular formula is C19H21FN2O. The van der Waals surface area contributed by atoms with E-state index < -0.39 is 5.82 Å². The Morgan fingerprint density at radius 3 is 2.70 bits per heavy atom. The van der Waals surface area contributed by atoms with Crippen LogP contribution in [-0.4, -0.2) is 16.2 Å². The highest BCUT2D eigenvalue weighted by atomic mass is 19.1. The molecule has 23 heavy (non-hydrogen) atoms. The van der Waals surface area contributed by atoms with Gasteiger partial charge in [-0.2, -0.15) is 0 Å². The van der Waals surface area contributed by atoms with Crippen molar-refractivity contribution in [1.82, 2.24) is 9.88 Å². The van der Waals surface area contributed by atoms with Crippen molar-refractivity contribution in [3.63, 3.8) is 0 Å². The van der Waals surface area contributed by atoms with Crippen LogP contribution in [0.5, 0.6) is 5.75 Å². The first-order valence-electron chi connectivity index (χ1n) is 7.94. The zero-order chi connectivity index (χ0) is 16.2. The van der Waals surface area contributed by atoms with Crippen molar-refractivity contribution in [2.24, 2.45) is 0 Å². The lowest BCUT2D eigenvalue weighted by atomic mass is 10.1. The van der Waals surface area contributed by atoms with Gasteiger partial charge in [-0.25, -0.2) is 4.39 Å². The molecule has 1 heterocycles. The van der Waals surface area contributed by atoms with Gasteiger partial charge >= 0.3 is 0 Å². The summed E-state index contributed by atoms with van der Waals surface area (Å²) in [7, 11) is 0. The Bertz CT molecular complexity index is 796. The fourth-order valence-corrected chi connectivity index (χ4v) is 2.96. The second-order valence-electron chi connectivity index (χ2n) is 5.67. The van der Waals surface area contributed by atoms with Gasteiger partial charge in [-0.3, -0.25) is 0 Å². The number of hydrogen-bond donors (Lipinski definition) is 2. The fraction of sp³-hybridized carbons (Fsp3) is 0.263. The van der Waals surface area contributed by atoms with Gasteiger partial charge in [0.25, 0.3) is 0 Å². The van der Waals surface area contributed by atoms with Crippen LogP contribution in [-0.2, 0) is 19.5 Å². The van der Waals surface area contributed by atoms with Gasteiger partial charge in [0.1, 0.15) is 11.6 Å². The normalized spacial score (nSPS) is 11.2. The molecular weight excluding hydrogens is 291 g/mol. The van der Waals surface area contributed by atoms with Crippen molar-refractivity contribution in [3.8, 4) is 5.75 Å². The lowest BCUT2D eigenvalue weighted by Gasteiger charge is -2.05. The fourth-order valence-electron chi connectivity index (χ4n) is 2.96. The van der Waals surface area contributed by atoms with Crippen molar-refractivity contribution in [2.45, 2.75) is 26.4 Å². The van der Waals surface area contributed by atoms with Gasteiger partial charge in [0, 0.05) is 30.7 Å². The zero-order valence-corrected chi connectivity index (χ0v) is 13.2. The van der Waals surface area contributed by atoms with Crippen LogP contribution in [0.25, 0.3) is 10.9 Å². The highest BCUT2D eigenvalue weighted by Gasteiger charge is 2.13. The molecule has 1 aromatic heterocycles. The summed E-state index contributed by atoms with van der Waals surface area (Å²) < 4.78 is 15.5. The topological polar surface area (TPSA) is 37.2 Å². The average molecular weight is 312 g/mol. The number of fused-ring (bicyclic) bond motifs is 1. The van der Waals surface area contributed by atoms with Gasteiger partial charge in [-0.05, 0) is 37.1 Å². The monoisotopic (exact) mass is 312 g/mol. The number of halogens is 1. The van der Waals surface area contributed by atoms with Gasteiger partial charge < -0.3 is 15.0 Å². The number of hydrogen-bond acceptors (Lipinski definition) is 2. The van der Waals surface area contributed by atoms with Crippen LogP contribution in [0.3, 0.4) is 0 Å². The molecule has 0 radical (unpaired) electrons. The summed E-state index contributed by atoms with van der Waals surface area (Å²) in [5.41, 5.74) is 3.04. The molecule has 2 aromatic carbocycles. The molecule has 120 valence electrons. The molecule has 4 heteroatoms. The Morgan fingerprint density at radius 1 is 1.17 bits per heavy atom. The van der Waals surface area contributed by atoms with Gasteiger partial charge in [-0.1, -0.05) is 30.3 Å². The number of aromatic nitrogens is 1. The minimum Gasteiger partial charge on any atom is -0.507 e. The van der Waals surface area contributed by atoms with Crippen LogP contribution < -0.4 is 5.32 Å². The molecule has 0 spiro atoms. The first-order valence-corrected chi connectivity index (χ1v) is 7.94. The van der Waals surface area contributed by atoms with Crippen molar-refractivity contribution < 1.29 is 9.50 Å². The molecule has 3 rings (SSSR count).